The van der Waals surface area contributed by atoms with Gasteiger partial charge in [0.15, 0.2) is 0 Å². The maximum Gasteiger partial charge on any atom is 0.350 e. The van der Waals surface area contributed by atoms with Crippen LogP contribution in [0.25, 0.3) is 0 Å². The van der Waals surface area contributed by atoms with Crippen LogP contribution in [0.5, 0.6) is 0 Å². The smallest absolute Gasteiger partial charge is 0.302 e. The Morgan fingerprint density at radius 2 is 1.89 bits per heavy atom. The van der Waals surface area contributed by atoms with Crippen molar-refractivity contribution in [2.24, 2.45) is 0 Å². The number of aromatic nitrogens is 2. The molecule has 1 N–H and O–H groups in total. The molecule has 1 saturated heterocycles. The van der Waals surface area contributed by atoms with Crippen molar-refractivity contribution in [3.63, 3.8) is 0 Å². The van der Waals surface area contributed by atoms with Gasteiger partial charge in [-0.1, -0.05) is 6.42 Å². The van der Waals surface area contributed by atoms with Gasteiger partial charge in [0, 0.05) is 13.1 Å². The van der Waals surface area contributed by atoms with Crippen molar-refractivity contribution in [2.75, 3.05) is 19.6 Å². The summed E-state index contributed by atoms with van der Waals surface area (Å²) in [6, 6.07) is 0. The van der Waals surface area contributed by atoms with Crippen LogP contribution in [0.2, 0.25) is 0 Å². The first-order chi connectivity index (χ1) is 9.08. The van der Waals surface area contributed by atoms with Gasteiger partial charge < -0.3 is 4.90 Å². The van der Waals surface area contributed by atoms with Gasteiger partial charge in [-0.15, -0.1) is 0 Å². The molecule has 1 fully saturated rings. The van der Waals surface area contributed by atoms with Gasteiger partial charge in [0.05, 0.1) is 11.1 Å². The summed E-state index contributed by atoms with van der Waals surface area (Å²) in [7, 11) is 0. The van der Waals surface area contributed by atoms with Crippen molar-refractivity contribution in [3.8, 4) is 0 Å². The van der Waals surface area contributed by atoms with E-state index in [1.54, 1.807) is 0 Å². The van der Waals surface area contributed by atoms with E-state index >= 15 is 0 Å². The third-order valence-electron chi connectivity index (χ3n) is 3.29. The Bertz CT molecular complexity index is 571. The van der Waals surface area contributed by atoms with Gasteiger partial charge in [0.25, 0.3) is 0 Å². The number of piperidine rings is 1. The maximum absolute atomic E-state index is 11.6. The van der Waals surface area contributed by atoms with E-state index in [1.165, 1.54) is 11.0 Å². The summed E-state index contributed by atoms with van der Waals surface area (Å²) in [6.07, 6.45) is 4.52. The summed E-state index contributed by atoms with van der Waals surface area (Å²) in [5, 5.41) is 10.7. The summed E-state index contributed by atoms with van der Waals surface area (Å²) < 4.78 is 1.19. The highest BCUT2D eigenvalue weighted by molar-refractivity contribution is 5.20. The standard InChI is InChI=1S/C11H16N4O4/c16-10-9(15(18)19)8-14(11(17)12-10)7-6-13-4-2-1-3-5-13/h8H,1-7H2,(H,12,16,17). The van der Waals surface area contributed by atoms with E-state index < -0.39 is 21.9 Å². The molecule has 0 amide bonds. The number of hydrogen-bond acceptors (Lipinski definition) is 5. The Morgan fingerprint density at radius 1 is 1.21 bits per heavy atom. The highest BCUT2D eigenvalue weighted by Gasteiger charge is 2.16. The first kappa shape index (κ1) is 13.5. The average molecular weight is 268 g/mol. The molecule has 0 atom stereocenters. The Morgan fingerprint density at radius 3 is 2.53 bits per heavy atom. The van der Waals surface area contributed by atoms with E-state index in [0.29, 0.717) is 13.1 Å². The minimum Gasteiger partial charge on any atom is -0.302 e. The minimum atomic E-state index is -0.954. The Hall–Kier alpha value is -1.96. The van der Waals surface area contributed by atoms with Crippen LogP contribution >= 0.6 is 0 Å². The fourth-order valence-electron chi connectivity index (χ4n) is 2.23. The zero-order chi connectivity index (χ0) is 13.8. The van der Waals surface area contributed by atoms with Crippen LogP contribution in [-0.2, 0) is 6.54 Å². The highest BCUT2D eigenvalue weighted by Crippen LogP contribution is 2.08. The minimum absolute atomic E-state index is 0.344. The predicted molar refractivity (Wildman–Crippen MR) is 68.3 cm³/mol. The lowest BCUT2D eigenvalue weighted by atomic mass is 10.1. The van der Waals surface area contributed by atoms with Gasteiger partial charge in [0.2, 0.25) is 0 Å². The van der Waals surface area contributed by atoms with Crippen LogP contribution in [0.1, 0.15) is 19.3 Å². The maximum atomic E-state index is 11.6. The monoisotopic (exact) mass is 268 g/mol. The second-order valence-corrected chi connectivity index (χ2v) is 4.63. The topological polar surface area (TPSA) is 101 Å². The summed E-state index contributed by atoms with van der Waals surface area (Å²) in [5.74, 6) is 0. The third-order valence-corrected chi connectivity index (χ3v) is 3.29. The van der Waals surface area contributed by atoms with Crippen LogP contribution < -0.4 is 11.2 Å². The molecular formula is C11H16N4O4. The Labute approximate surface area is 108 Å². The zero-order valence-electron chi connectivity index (χ0n) is 10.5. The van der Waals surface area contributed by atoms with Gasteiger partial charge >= 0.3 is 16.9 Å². The molecule has 0 bridgehead atoms. The number of nitrogens with zero attached hydrogens (tertiary/aromatic N) is 3. The molecule has 104 valence electrons. The number of nitro groups is 1. The van der Waals surface area contributed by atoms with Crippen molar-refractivity contribution >= 4 is 5.69 Å². The lowest BCUT2D eigenvalue weighted by molar-refractivity contribution is -0.386. The molecule has 0 unspecified atom stereocenters. The quantitative estimate of drug-likeness (QED) is 0.608. The van der Waals surface area contributed by atoms with E-state index in [-0.39, 0.29) is 0 Å². The number of aromatic amines is 1. The molecule has 2 heterocycles. The SMILES string of the molecule is O=c1[nH]c(=O)n(CCN2CCCCC2)cc1[N+](=O)[O-]. The molecule has 19 heavy (non-hydrogen) atoms. The molecule has 1 aromatic heterocycles. The largest absolute Gasteiger partial charge is 0.350 e. The van der Waals surface area contributed by atoms with Crippen molar-refractivity contribution < 1.29 is 4.92 Å². The van der Waals surface area contributed by atoms with E-state index in [1.807, 2.05) is 4.98 Å². The second-order valence-electron chi connectivity index (χ2n) is 4.63. The molecule has 1 aliphatic heterocycles. The zero-order valence-corrected chi connectivity index (χ0v) is 10.5. The first-order valence-electron chi connectivity index (χ1n) is 6.28. The van der Waals surface area contributed by atoms with Gasteiger partial charge in [-0.3, -0.25) is 24.5 Å². The summed E-state index contributed by atoms with van der Waals surface area (Å²) >= 11 is 0. The lowest BCUT2D eigenvalue weighted by Crippen LogP contribution is -2.37. The van der Waals surface area contributed by atoms with Gasteiger partial charge in [-0.25, -0.2) is 4.79 Å². The second kappa shape index (κ2) is 5.79. The van der Waals surface area contributed by atoms with Crippen LogP contribution in [0.3, 0.4) is 0 Å². The van der Waals surface area contributed by atoms with Crippen molar-refractivity contribution in [3.05, 3.63) is 37.1 Å². The van der Waals surface area contributed by atoms with E-state index in [9.17, 15) is 19.7 Å². The molecular weight excluding hydrogens is 252 g/mol. The number of likely N-dealkylation sites (tertiary alicyclic amines) is 1. The Balaban J connectivity index is 2.11. The fraction of sp³-hybridized carbons (Fsp3) is 0.636. The van der Waals surface area contributed by atoms with Crippen LogP contribution in [0.4, 0.5) is 5.69 Å². The molecule has 2 rings (SSSR count). The molecule has 1 aromatic rings. The van der Waals surface area contributed by atoms with Crippen molar-refractivity contribution in [1.82, 2.24) is 14.5 Å². The summed E-state index contributed by atoms with van der Waals surface area (Å²) in [5.41, 5.74) is -2.16. The highest BCUT2D eigenvalue weighted by atomic mass is 16.6. The molecule has 0 radical (unpaired) electrons. The van der Waals surface area contributed by atoms with E-state index in [2.05, 4.69) is 4.90 Å². The normalized spacial score (nSPS) is 16.4. The van der Waals surface area contributed by atoms with Gasteiger partial charge in [-0.2, -0.15) is 0 Å². The lowest BCUT2D eigenvalue weighted by Gasteiger charge is -2.26. The van der Waals surface area contributed by atoms with E-state index in [4.69, 9.17) is 0 Å². The Kier molecular flexibility index (Phi) is 4.10. The molecule has 8 heteroatoms. The average Bonchev–Trinajstić information content (AvgIpc) is 2.38. The third kappa shape index (κ3) is 3.28. The van der Waals surface area contributed by atoms with Crippen LogP contribution in [0.15, 0.2) is 15.8 Å². The first-order valence-corrected chi connectivity index (χ1v) is 6.28. The number of hydrogen-bond donors (Lipinski definition) is 1. The van der Waals surface area contributed by atoms with Gasteiger partial charge in [-0.05, 0) is 25.9 Å². The number of rotatable bonds is 4. The summed E-state index contributed by atoms with van der Waals surface area (Å²) in [6.45, 7) is 2.97. The fourth-order valence-corrected chi connectivity index (χ4v) is 2.23. The van der Waals surface area contributed by atoms with Crippen LogP contribution in [0, 0.1) is 10.1 Å². The molecule has 0 saturated carbocycles. The van der Waals surface area contributed by atoms with E-state index in [0.717, 1.165) is 32.1 Å². The molecule has 1 aliphatic rings. The predicted octanol–water partition coefficient (Wildman–Crippen LogP) is -0.0693. The summed E-state index contributed by atoms with van der Waals surface area (Å²) in [4.78, 5) is 36.8. The molecule has 0 spiro atoms. The van der Waals surface area contributed by atoms with Crippen LogP contribution in [-0.4, -0.2) is 39.0 Å². The number of H-pyrrole nitrogens is 1. The van der Waals surface area contributed by atoms with Crippen molar-refractivity contribution in [2.45, 2.75) is 25.8 Å². The van der Waals surface area contributed by atoms with Crippen molar-refractivity contribution in [1.29, 1.82) is 0 Å². The number of nitrogens with one attached hydrogen (secondary N) is 1. The van der Waals surface area contributed by atoms with Gasteiger partial charge in [0.1, 0.15) is 0 Å². The molecule has 8 nitrogen and oxygen atoms in total. The molecule has 0 aromatic carbocycles. The molecule has 0 aliphatic carbocycles.